The molecule has 5 rings (SSSR count). The van der Waals surface area contributed by atoms with Gasteiger partial charge in [0.05, 0.1) is 15.5 Å². The van der Waals surface area contributed by atoms with Gasteiger partial charge in [-0.1, -0.05) is 48.0 Å². The van der Waals surface area contributed by atoms with Gasteiger partial charge in [-0.25, -0.2) is 4.99 Å². The van der Waals surface area contributed by atoms with Crippen molar-refractivity contribution < 1.29 is 9.72 Å². The lowest BCUT2D eigenvalue weighted by Crippen LogP contribution is -2.19. The monoisotopic (exact) mass is 502 g/mol. The lowest BCUT2D eigenvalue weighted by molar-refractivity contribution is -0.384. The number of aliphatic imine (C=N–C) groups is 1. The second kappa shape index (κ2) is 9.40. The second-order valence-electron chi connectivity index (χ2n) is 8.02. The van der Waals surface area contributed by atoms with Crippen molar-refractivity contribution in [3.05, 3.63) is 110 Å². The van der Waals surface area contributed by atoms with E-state index in [2.05, 4.69) is 10.3 Å². The maximum absolute atomic E-state index is 12.7. The van der Waals surface area contributed by atoms with Crippen LogP contribution in [0.15, 0.2) is 82.8 Å². The molecule has 1 saturated heterocycles. The van der Waals surface area contributed by atoms with Gasteiger partial charge in [-0.3, -0.25) is 14.9 Å². The lowest BCUT2D eigenvalue weighted by Gasteiger charge is -2.05. The van der Waals surface area contributed by atoms with E-state index in [1.807, 2.05) is 66.2 Å². The molecule has 1 aliphatic rings. The van der Waals surface area contributed by atoms with Crippen molar-refractivity contribution in [3.8, 4) is 0 Å². The molecule has 9 heteroatoms. The predicted octanol–water partition coefficient (Wildman–Crippen LogP) is 6.45. The molecule has 0 aliphatic carbocycles. The van der Waals surface area contributed by atoms with E-state index in [1.54, 1.807) is 18.2 Å². The molecule has 1 aromatic heterocycles. The number of nitrogens with one attached hydrogen (secondary N) is 1. The van der Waals surface area contributed by atoms with Crippen LogP contribution >= 0.6 is 23.4 Å². The number of amidine groups is 1. The summed E-state index contributed by atoms with van der Waals surface area (Å²) in [6, 6.07) is 19.9. The number of carbonyl (C=O) groups excluding carboxylic acids is 1. The summed E-state index contributed by atoms with van der Waals surface area (Å²) in [5.74, 6) is -0.219. The lowest BCUT2D eigenvalue weighted by atomic mass is 10.1. The van der Waals surface area contributed by atoms with Gasteiger partial charge in [-0.15, -0.1) is 0 Å². The van der Waals surface area contributed by atoms with E-state index in [0.717, 1.165) is 27.6 Å². The number of halogens is 1. The fraction of sp³-hybridized carbons (Fsp3) is 0.0769. The molecule has 174 valence electrons. The summed E-state index contributed by atoms with van der Waals surface area (Å²) < 4.78 is 2.03. The van der Waals surface area contributed by atoms with Gasteiger partial charge in [0, 0.05) is 46.4 Å². The summed E-state index contributed by atoms with van der Waals surface area (Å²) in [6.07, 6.45) is 3.81. The zero-order valence-electron chi connectivity index (χ0n) is 18.6. The van der Waals surface area contributed by atoms with Crippen LogP contribution in [0.2, 0.25) is 5.02 Å². The van der Waals surface area contributed by atoms with Crippen molar-refractivity contribution in [1.82, 2.24) is 9.88 Å². The number of hydrogen-bond acceptors (Lipinski definition) is 5. The molecule has 35 heavy (non-hydrogen) atoms. The number of hydrogen-bond donors (Lipinski definition) is 1. The third kappa shape index (κ3) is 4.71. The van der Waals surface area contributed by atoms with Crippen LogP contribution in [0.1, 0.15) is 16.7 Å². The van der Waals surface area contributed by atoms with E-state index < -0.39 is 4.92 Å². The minimum absolute atomic E-state index is 0.0575. The molecule has 1 aliphatic heterocycles. The van der Waals surface area contributed by atoms with Gasteiger partial charge in [-0.2, -0.15) is 0 Å². The average Bonchev–Trinajstić information content (AvgIpc) is 3.37. The largest absolute Gasteiger partial charge is 0.342 e. The maximum atomic E-state index is 12.7. The molecule has 0 bridgehead atoms. The van der Waals surface area contributed by atoms with Gasteiger partial charge in [0.1, 0.15) is 0 Å². The topological polar surface area (TPSA) is 89.5 Å². The van der Waals surface area contributed by atoms with Crippen LogP contribution in [-0.4, -0.2) is 20.6 Å². The van der Waals surface area contributed by atoms with E-state index in [1.165, 1.54) is 17.8 Å². The first-order chi connectivity index (χ1) is 16.9. The Kier molecular flexibility index (Phi) is 6.15. The highest BCUT2D eigenvalue weighted by Crippen LogP contribution is 2.33. The van der Waals surface area contributed by atoms with Gasteiger partial charge in [0.2, 0.25) is 0 Å². The Bertz CT molecular complexity index is 1560. The average molecular weight is 503 g/mol. The predicted molar refractivity (Wildman–Crippen MR) is 141 cm³/mol. The molecule has 1 N–H and O–H groups in total. The number of carbonyl (C=O) groups is 1. The van der Waals surface area contributed by atoms with Crippen LogP contribution in [0.5, 0.6) is 0 Å². The molecule has 0 spiro atoms. The molecule has 4 aromatic rings. The normalized spacial score (nSPS) is 15.8. The smallest absolute Gasteiger partial charge is 0.269 e. The molecule has 2 heterocycles. The molecule has 1 amide bonds. The first-order valence-corrected chi connectivity index (χ1v) is 11.9. The number of fused-ring (bicyclic) bond motifs is 1. The van der Waals surface area contributed by atoms with Crippen molar-refractivity contribution >= 4 is 62.8 Å². The summed E-state index contributed by atoms with van der Waals surface area (Å²) in [4.78, 5) is 28.5. The van der Waals surface area contributed by atoms with Gasteiger partial charge < -0.3 is 9.88 Å². The van der Waals surface area contributed by atoms with Crippen LogP contribution in [-0.2, 0) is 11.3 Å². The number of nitro groups is 1. The SMILES string of the molecule is Cc1c(Cl)cccc1N=C1NC(=O)/C(=C\c2cn(Cc3cccc([N+](=O)[O-])c3)c3ccccc23)S1. The molecule has 0 atom stereocenters. The van der Waals surface area contributed by atoms with Gasteiger partial charge in [0.25, 0.3) is 11.6 Å². The van der Waals surface area contributed by atoms with Crippen LogP contribution in [0.4, 0.5) is 11.4 Å². The molecule has 1 fully saturated rings. The van der Waals surface area contributed by atoms with Crippen LogP contribution in [0.25, 0.3) is 17.0 Å². The van der Waals surface area contributed by atoms with Crippen LogP contribution in [0, 0.1) is 17.0 Å². The Morgan fingerprint density at radius 2 is 1.94 bits per heavy atom. The quantitative estimate of drug-likeness (QED) is 0.193. The number of rotatable bonds is 5. The van der Waals surface area contributed by atoms with E-state index in [-0.39, 0.29) is 11.6 Å². The Labute approximate surface area is 210 Å². The Balaban J connectivity index is 1.48. The number of benzene rings is 3. The number of thioether (sulfide) groups is 1. The summed E-state index contributed by atoms with van der Waals surface area (Å²) in [6.45, 7) is 2.35. The first kappa shape index (κ1) is 22.9. The third-order valence-corrected chi connectivity index (χ3v) is 7.01. The standard InChI is InChI=1S/C26H19ClN4O3S/c1-16-21(27)9-5-10-22(16)28-26-29-25(32)24(35-26)13-18-15-30(23-11-3-2-8-20(18)23)14-17-6-4-7-19(12-17)31(33)34/h2-13,15H,14H2,1H3,(H,28,29,32)/b24-13+. The molecule has 3 aromatic carbocycles. The number of non-ortho nitro benzene ring substituents is 1. The summed E-state index contributed by atoms with van der Waals surface area (Å²) in [5.41, 5.74) is 4.27. The number of amides is 1. The first-order valence-electron chi connectivity index (χ1n) is 10.7. The third-order valence-electron chi connectivity index (χ3n) is 5.69. The second-order valence-corrected chi connectivity index (χ2v) is 9.46. The Morgan fingerprint density at radius 1 is 1.14 bits per heavy atom. The maximum Gasteiger partial charge on any atom is 0.269 e. The van der Waals surface area contributed by atoms with Gasteiger partial charge >= 0.3 is 0 Å². The molecule has 7 nitrogen and oxygen atoms in total. The molecular weight excluding hydrogens is 484 g/mol. The van der Waals surface area contributed by atoms with E-state index in [9.17, 15) is 14.9 Å². The van der Waals surface area contributed by atoms with Crippen molar-refractivity contribution in [2.75, 3.05) is 0 Å². The van der Waals surface area contributed by atoms with E-state index >= 15 is 0 Å². The summed E-state index contributed by atoms with van der Waals surface area (Å²) >= 11 is 7.47. The van der Waals surface area contributed by atoms with E-state index in [4.69, 9.17) is 11.6 Å². The number of nitro benzene ring substituents is 1. The van der Waals surface area contributed by atoms with Crippen molar-refractivity contribution in [1.29, 1.82) is 0 Å². The number of aromatic nitrogens is 1. The highest BCUT2D eigenvalue weighted by atomic mass is 35.5. The van der Waals surface area contributed by atoms with Crippen molar-refractivity contribution in [2.24, 2.45) is 4.99 Å². The highest BCUT2D eigenvalue weighted by Gasteiger charge is 2.25. The minimum Gasteiger partial charge on any atom is -0.342 e. The summed E-state index contributed by atoms with van der Waals surface area (Å²) in [7, 11) is 0. The molecular formula is C26H19ClN4O3S. The summed E-state index contributed by atoms with van der Waals surface area (Å²) in [5, 5.41) is 16.1. The Morgan fingerprint density at radius 3 is 2.77 bits per heavy atom. The zero-order valence-corrected chi connectivity index (χ0v) is 20.1. The fourth-order valence-corrected chi connectivity index (χ4v) is 4.93. The number of nitrogens with zero attached hydrogens (tertiary/aromatic N) is 3. The molecule has 0 saturated carbocycles. The molecule has 0 unspecified atom stereocenters. The van der Waals surface area contributed by atoms with Gasteiger partial charge in [0.15, 0.2) is 5.17 Å². The van der Waals surface area contributed by atoms with Crippen molar-refractivity contribution in [3.63, 3.8) is 0 Å². The van der Waals surface area contributed by atoms with Gasteiger partial charge in [-0.05, 0) is 54.1 Å². The van der Waals surface area contributed by atoms with Crippen LogP contribution in [0.3, 0.4) is 0 Å². The highest BCUT2D eigenvalue weighted by molar-refractivity contribution is 8.18. The molecule has 0 radical (unpaired) electrons. The zero-order chi connectivity index (χ0) is 24.5. The fourth-order valence-electron chi connectivity index (χ4n) is 3.93. The van der Waals surface area contributed by atoms with Crippen molar-refractivity contribution in [2.45, 2.75) is 13.5 Å². The Hall–Kier alpha value is -3.88. The number of para-hydroxylation sites is 1. The van der Waals surface area contributed by atoms with E-state index in [0.29, 0.717) is 27.3 Å². The van der Waals surface area contributed by atoms with Crippen LogP contribution < -0.4 is 5.32 Å². The minimum atomic E-state index is -0.396.